The van der Waals surface area contributed by atoms with Crippen LogP contribution >= 0.6 is 0 Å². The Morgan fingerprint density at radius 3 is 2.67 bits per heavy atom. The summed E-state index contributed by atoms with van der Waals surface area (Å²) in [4.78, 5) is 6.43. The maximum atomic E-state index is 5.37. The first-order valence-electron chi connectivity index (χ1n) is 7.95. The van der Waals surface area contributed by atoms with E-state index in [0.29, 0.717) is 0 Å². The van der Waals surface area contributed by atoms with Crippen molar-refractivity contribution >= 4 is 5.69 Å². The van der Waals surface area contributed by atoms with Crippen LogP contribution in [0.4, 0.5) is 5.69 Å². The molecule has 3 aromatic rings. The van der Waals surface area contributed by atoms with Gasteiger partial charge in [0, 0.05) is 32.2 Å². The lowest BCUT2D eigenvalue weighted by Gasteiger charge is -2.30. The SMILES string of the molecule is COc1cccc(C(C)N(Cc2ccncc2)c2cnn(C)c2)c1. The summed E-state index contributed by atoms with van der Waals surface area (Å²) < 4.78 is 7.20. The van der Waals surface area contributed by atoms with Crippen LogP contribution in [0.1, 0.15) is 24.1 Å². The zero-order valence-corrected chi connectivity index (χ0v) is 14.3. The molecule has 0 aliphatic carbocycles. The van der Waals surface area contributed by atoms with E-state index in [1.807, 2.05) is 60.8 Å². The number of pyridine rings is 1. The van der Waals surface area contributed by atoms with E-state index in [9.17, 15) is 0 Å². The summed E-state index contributed by atoms with van der Waals surface area (Å²) >= 11 is 0. The minimum absolute atomic E-state index is 0.178. The first kappa shape index (κ1) is 16.1. The summed E-state index contributed by atoms with van der Waals surface area (Å²) in [5.74, 6) is 0.870. The third-order valence-electron chi connectivity index (χ3n) is 4.17. The fourth-order valence-corrected chi connectivity index (χ4v) is 2.77. The van der Waals surface area contributed by atoms with E-state index in [1.165, 1.54) is 11.1 Å². The highest BCUT2D eigenvalue weighted by Gasteiger charge is 2.18. The molecule has 1 atom stereocenters. The number of aromatic nitrogens is 3. The standard InChI is InChI=1S/C19H22N4O/c1-15(17-5-4-6-19(11-17)24-3)23(18-12-21-22(2)14-18)13-16-7-9-20-10-8-16/h4-12,14-15H,13H2,1-3H3. The van der Waals surface area contributed by atoms with Crippen LogP contribution in [0.25, 0.3) is 0 Å². The number of nitrogens with zero attached hydrogens (tertiary/aromatic N) is 4. The molecule has 0 N–H and O–H groups in total. The number of anilines is 1. The van der Waals surface area contributed by atoms with E-state index in [-0.39, 0.29) is 6.04 Å². The van der Waals surface area contributed by atoms with Crippen molar-refractivity contribution in [2.45, 2.75) is 19.5 Å². The van der Waals surface area contributed by atoms with Gasteiger partial charge in [-0.1, -0.05) is 12.1 Å². The van der Waals surface area contributed by atoms with Gasteiger partial charge in [-0.3, -0.25) is 9.67 Å². The van der Waals surface area contributed by atoms with E-state index in [2.05, 4.69) is 34.0 Å². The Morgan fingerprint density at radius 2 is 2.00 bits per heavy atom. The lowest BCUT2D eigenvalue weighted by Crippen LogP contribution is -2.26. The molecule has 0 radical (unpaired) electrons. The third kappa shape index (κ3) is 3.56. The first-order valence-corrected chi connectivity index (χ1v) is 7.95. The van der Waals surface area contributed by atoms with Gasteiger partial charge in [-0.05, 0) is 42.3 Å². The lowest BCUT2D eigenvalue weighted by atomic mass is 10.1. The predicted molar refractivity (Wildman–Crippen MR) is 95.0 cm³/mol. The molecular weight excluding hydrogens is 300 g/mol. The molecule has 0 saturated heterocycles. The van der Waals surface area contributed by atoms with Gasteiger partial charge in [-0.2, -0.15) is 5.10 Å². The zero-order valence-electron chi connectivity index (χ0n) is 14.3. The number of hydrogen-bond donors (Lipinski definition) is 0. The summed E-state index contributed by atoms with van der Waals surface area (Å²) in [7, 11) is 3.63. The molecule has 0 aliphatic heterocycles. The number of aryl methyl sites for hydroxylation is 1. The van der Waals surface area contributed by atoms with Crippen molar-refractivity contribution in [3.63, 3.8) is 0 Å². The Hall–Kier alpha value is -2.82. The molecule has 0 aliphatic rings. The van der Waals surface area contributed by atoms with Gasteiger partial charge in [0.1, 0.15) is 5.75 Å². The summed E-state index contributed by atoms with van der Waals surface area (Å²) in [6.45, 7) is 2.98. The molecule has 5 heteroatoms. The van der Waals surface area contributed by atoms with Crippen molar-refractivity contribution in [1.29, 1.82) is 0 Å². The average molecular weight is 322 g/mol. The second-order valence-electron chi connectivity index (χ2n) is 5.81. The topological polar surface area (TPSA) is 43.2 Å². The van der Waals surface area contributed by atoms with Crippen molar-refractivity contribution in [3.8, 4) is 5.75 Å². The van der Waals surface area contributed by atoms with Crippen molar-refractivity contribution < 1.29 is 4.74 Å². The highest BCUT2D eigenvalue weighted by Crippen LogP contribution is 2.30. The van der Waals surface area contributed by atoms with Crippen LogP contribution in [0.5, 0.6) is 5.75 Å². The van der Waals surface area contributed by atoms with Crippen molar-refractivity contribution in [1.82, 2.24) is 14.8 Å². The van der Waals surface area contributed by atoms with Crippen LogP contribution in [0.2, 0.25) is 0 Å². The summed E-state index contributed by atoms with van der Waals surface area (Å²) in [6, 6.07) is 12.5. The molecule has 0 amide bonds. The minimum Gasteiger partial charge on any atom is -0.497 e. The maximum absolute atomic E-state index is 5.37. The zero-order chi connectivity index (χ0) is 16.9. The van der Waals surface area contributed by atoms with Gasteiger partial charge in [0.2, 0.25) is 0 Å². The Morgan fingerprint density at radius 1 is 1.21 bits per heavy atom. The second kappa shape index (κ2) is 7.17. The molecule has 0 saturated carbocycles. The lowest BCUT2D eigenvalue weighted by molar-refractivity contribution is 0.413. The number of methoxy groups -OCH3 is 1. The molecule has 1 unspecified atom stereocenters. The van der Waals surface area contributed by atoms with Crippen molar-refractivity contribution in [2.24, 2.45) is 7.05 Å². The van der Waals surface area contributed by atoms with E-state index in [1.54, 1.807) is 7.11 Å². The number of hydrogen-bond acceptors (Lipinski definition) is 4. The highest BCUT2D eigenvalue weighted by atomic mass is 16.5. The van der Waals surface area contributed by atoms with Crippen LogP contribution in [0, 0.1) is 0 Å². The fourth-order valence-electron chi connectivity index (χ4n) is 2.77. The normalized spacial score (nSPS) is 12.0. The minimum atomic E-state index is 0.178. The fraction of sp³-hybridized carbons (Fsp3) is 0.263. The number of rotatable bonds is 6. The van der Waals surface area contributed by atoms with E-state index in [0.717, 1.165) is 18.0 Å². The maximum Gasteiger partial charge on any atom is 0.119 e. The Bertz CT molecular complexity index is 785. The molecule has 2 heterocycles. The molecule has 1 aromatic carbocycles. The van der Waals surface area contributed by atoms with Crippen LogP contribution < -0.4 is 9.64 Å². The largest absolute Gasteiger partial charge is 0.497 e. The van der Waals surface area contributed by atoms with Gasteiger partial charge in [0.15, 0.2) is 0 Å². The van der Waals surface area contributed by atoms with Crippen molar-refractivity contribution in [3.05, 3.63) is 72.3 Å². The quantitative estimate of drug-likeness (QED) is 0.695. The summed E-state index contributed by atoms with van der Waals surface area (Å²) in [5.41, 5.74) is 3.50. The molecule has 2 aromatic heterocycles. The third-order valence-corrected chi connectivity index (χ3v) is 4.17. The molecular formula is C19H22N4O. The van der Waals surface area contributed by atoms with Gasteiger partial charge < -0.3 is 9.64 Å². The molecule has 0 fully saturated rings. The van der Waals surface area contributed by atoms with Crippen LogP contribution in [-0.4, -0.2) is 21.9 Å². The van der Waals surface area contributed by atoms with Gasteiger partial charge >= 0.3 is 0 Å². The van der Waals surface area contributed by atoms with Crippen molar-refractivity contribution in [2.75, 3.05) is 12.0 Å². The molecule has 0 bridgehead atoms. The Labute approximate surface area is 142 Å². The summed E-state index contributed by atoms with van der Waals surface area (Å²) in [5, 5.41) is 4.33. The molecule has 124 valence electrons. The van der Waals surface area contributed by atoms with Crippen LogP contribution in [0.15, 0.2) is 61.2 Å². The van der Waals surface area contributed by atoms with Gasteiger partial charge in [-0.15, -0.1) is 0 Å². The predicted octanol–water partition coefficient (Wildman–Crippen LogP) is 3.59. The molecule has 3 rings (SSSR count). The smallest absolute Gasteiger partial charge is 0.119 e. The summed E-state index contributed by atoms with van der Waals surface area (Å²) in [6.07, 6.45) is 7.59. The van der Waals surface area contributed by atoms with Crippen LogP contribution in [-0.2, 0) is 13.6 Å². The highest BCUT2D eigenvalue weighted by molar-refractivity contribution is 5.47. The first-order chi connectivity index (χ1) is 11.7. The molecule has 0 spiro atoms. The molecule has 5 nitrogen and oxygen atoms in total. The number of ether oxygens (including phenoxy) is 1. The van der Waals surface area contributed by atoms with Gasteiger partial charge in [0.05, 0.1) is 25.0 Å². The number of benzene rings is 1. The monoisotopic (exact) mass is 322 g/mol. The Balaban J connectivity index is 1.93. The van der Waals surface area contributed by atoms with Gasteiger partial charge in [-0.25, -0.2) is 0 Å². The van der Waals surface area contributed by atoms with Gasteiger partial charge in [0.25, 0.3) is 0 Å². The van der Waals surface area contributed by atoms with E-state index >= 15 is 0 Å². The van der Waals surface area contributed by atoms with Crippen LogP contribution in [0.3, 0.4) is 0 Å². The Kier molecular flexibility index (Phi) is 4.79. The van der Waals surface area contributed by atoms with E-state index in [4.69, 9.17) is 4.74 Å². The second-order valence-corrected chi connectivity index (χ2v) is 5.81. The molecule has 24 heavy (non-hydrogen) atoms. The van der Waals surface area contributed by atoms with E-state index < -0.39 is 0 Å². The average Bonchev–Trinajstić information content (AvgIpc) is 3.06.